The second kappa shape index (κ2) is 7.65. The minimum atomic E-state index is -0.214. The number of piperazine rings is 1. The Balaban J connectivity index is 1.73. The van der Waals surface area contributed by atoms with Crippen molar-refractivity contribution < 1.29 is 9.53 Å². The highest BCUT2D eigenvalue weighted by atomic mass is 35.5. The molecule has 0 spiro atoms. The normalized spacial score (nSPS) is 18.5. The lowest BCUT2D eigenvalue weighted by Gasteiger charge is -2.39. The quantitative estimate of drug-likeness (QED) is 0.797. The number of halogens is 2. The van der Waals surface area contributed by atoms with Gasteiger partial charge in [0.15, 0.2) is 0 Å². The van der Waals surface area contributed by atoms with Crippen LogP contribution in [0.5, 0.6) is 5.75 Å². The fourth-order valence-electron chi connectivity index (χ4n) is 3.04. The largest absolute Gasteiger partial charge is 0.497 e. The molecule has 0 bridgehead atoms. The fraction of sp³-hybridized carbons (Fsp3) is 0.316. The number of nitrogens with zero attached hydrogens (tertiary/aromatic N) is 2. The van der Waals surface area contributed by atoms with Gasteiger partial charge in [-0.05, 0) is 42.8 Å². The van der Waals surface area contributed by atoms with Crippen LogP contribution in [-0.2, 0) is 11.3 Å². The predicted molar refractivity (Wildman–Crippen MR) is 102 cm³/mol. The van der Waals surface area contributed by atoms with Crippen molar-refractivity contribution in [3.05, 3.63) is 58.1 Å². The highest BCUT2D eigenvalue weighted by Crippen LogP contribution is 2.29. The summed E-state index contributed by atoms with van der Waals surface area (Å²) in [6.07, 6.45) is 0. The van der Waals surface area contributed by atoms with Crippen LogP contribution in [0.3, 0.4) is 0 Å². The summed E-state index contributed by atoms with van der Waals surface area (Å²) >= 11 is 12.1. The van der Waals surface area contributed by atoms with Crippen LogP contribution in [0.1, 0.15) is 12.5 Å². The first-order valence-electron chi connectivity index (χ1n) is 8.13. The molecule has 1 unspecified atom stereocenters. The molecular formula is C19H20Cl2N2O2. The van der Waals surface area contributed by atoms with Gasteiger partial charge in [0.25, 0.3) is 0 Å². The lowest BCUT2D eigenvalue weighted by atomic mass is 10.1. The molecule has 4 nitrogen and oxygen atoms in total. The van der Waals surface area contributed by atoms with E-state index in [1.54, 1.807) is 24.1 Å². The minimum absolute atomic E-state index is 0.0625. The molecule has 2 aromatic rings. The Kier molecular flexibility index (Phi) is 5.52. The number of methoxy groups -OCH3 is 1. The first-order valence-corrected chi connectivity index (χ1v) is 8.88. The van der Waals surface area contributed by atoms with E-state index in [-0.39, 0.29) is 11.9 Å². The van der Waals surface area contributed by atoms with E-state index in [0.29, 0.717) is 23.1 Å². The Morgan fingerprint density at radius 3 is 2.64 bits per heavy atom. The average Bonchev–Trinajstić information content (AvgIpc) is 2.62. The van der Waals surface area contributed by atoms with Gasteiger partial charge in [0, 0.05) is 25.3 Å². The van der Waals surface area contributed by atoms with E-state index in [9.17, 15) is 4.79 Å². The third kappa shape index (κ3) is 3.92. The maximum Gasteiger partial charge on any atom is 0.244 e. The molecule has 1 saturated heterocycles. The van der Waals surface area contributed by atoms with Gasteiger partial charge in [-0.15, -0.1) is 0 Å². The van der Waals surface area contributed by atoms with Crippen molar-refractivity contribution in [2.24, 2.45) is 0 Å². The Hall–Kier alpha value is -1.75. The van der Waals surface area contributed by atoms with Crippen molar-refractivity contribution in [2.45, 2.75) is 19.5 Å². The smallest absolute Gasteiger partial charge is 0.244 e. The fourth-order valence-corrected chi connectivity index (χ4v) is 3.34. The number of benzene rings is 2. The minimum Gasteiger partial charge on any atom is -0.497 e. The maximum atomic E-state index is 12.8. The van der Waals surface area contributed by atoms with Gasteiger partial charge in [-0.2, -0.15) is 0 Å². The van der Waals surface area contributed by atoms with Gasteiger partial charge < -0.3 is 9.64 Å². The third-order valence-corrected chi connectivity index (χ3v) is 5.26. The molecule has 1 aliphatic rings. The second-order valence-electron chi connectivity index (χ2n) is 6.09. The zero-order chi connectivity index (χ0) is 18.0. The standard InChI is InChI=1S/C19H20Cl2N2O2/c1-13-19(24)23(15-6-7-17(20)18(21)11-15)9-8-22(13)12-14-4-3-5-16(10-14)25-2/h3-7,10-11,13H,8-9,12H2,1-2H3. The van der Waals surface area contributed by atoms with Crippen LogP contribution in [0, 0.1) is 0 Å². The van der Waals surface area contributed by atoms with E-state index in [0.717, 1.165) is 23.5 Å². The van der Waals surface area contributed by atoms with Crippen molar-refractivity contribution in [1.29, 1.82) is 0 Å². The van der Waals surface area contributed by atoms with Crippen molar-refractivity contribution in [3.63, 3.8) is 0 Å². The zero-order valence-electron chi connectivity index (χ0n) is 14.2. The van der Waals surface area contributed by atoms with Crippen LogP contribution in [0.2, 0.25) is 10.0 Å². The molecule has 3 rings (SSSR count). The van der Waals surface area contributed by atoms with E-state index in [2.05, 4.69) is 4.90 Å². The number of anilines is 1. The molecule has 6 heteroatoms. The summed E-state index contributed by atoms with van der Waals surface area (Å²) in [5.74, 6) is 0.887. The number of ether oxygens (including phenoxy) is 1. The van der Waals surface area contributed by atoms with E-state index < -0.39 is 0 Å². The monoisotopic (exact) mass is 378 g/mol. The lowest BCUT2D eigenvalue weighted by molar-refractivity contribution is -0.125. The van der Waals surface area contributed by atoms with Crippen molar-refractivity contribution in [3.8, 4) is 5.75 Å². The second-order valence-corrected chi connectivity index (χ2v) is 6.90. The third-order valence-electron chi connectivity index (χ3n) is 4.52. The Morgan fingerprint density at radius 1 is 1.12 bits per heavy atom. The first-order chi connectivity index (χ1) is 12.0. The topological polar surface area (TPSA) is 32.8 Å². The van der Waals surface area contributed by atoms with Crippen LogP contribution in [-0.4, -0.2) is 37.0 Å². The molecular weight excluding hydrogens is 359 g/mol. The van der Waals surface area contributed by atoms with Gasteiger partial charge in [0.2, 0.25) is 5.91 Å². The molecule has 1 fully saturated rings. The molecule has 0 aliphatic carbocycles. The van der Waals surface area contributed by atoms with Crippen LogP contribution in [0.25, 0.3) is 0 Å². The Labute approximate surface area is 157 Å². The molecule has 25 heavy (non-hydrogen) atoms. The molecule has 0 saturated carbocycles. The summed E-state index contributed by atoms with van der Waals surface area (Å²) in [5.41, 5.74) is 1.91. The van der Waals surface area contributed by atoms with Gasteiger partial charge in [-0.1, -0.05) is 35.3 Å². The van der Waals surface area contributed by atoms with Crippen LogP contribution in [0.4, 0.5) is 5.69 Å². The van der Waals surface area contributed by atoms with Crippen LogP contribution < -0.4 is 9.64 Å². The van der Waals surface area contributed by atoms with Crippen molar-refractivity contribution >= 4 is 34.8 Å². The summed E-state index contributed by atoms with van der Waals surface area (Å²) in [6.45, 7) is 4.04. The van der Waals surface area contributed by atoms with E-state index in [1.165, 1.54) is 0 Å². The summed E-state index contributed by atoms with van der Waals surface area (Å²) in [7, 11) is 1.65. The Morgan fingerprint density at radius 2 is 1.92 bits per heavy atom. The van der Waals surface area contributed by atoms with E-state index >= 15 is 0 Å². The summed E-state index contributed by atoms with van der Waals surface area (Å²) < 4.78 is 5.27. The molecule has 2 aromatic carbocycles. The number of amides is 1. The summed E-state index contributed by atoms with van der Waals surface area (Å²) in [4.78, 5) is 16.8. The van der Waals surface area contributed by atoms with Gasteiger partial charge in [0.1, 0.15) is 5.75 Å². The highest BCUT2D eigenvalue weighted by molar-refractivity contribution is 6.42. The molecule has 0 N–H and O–H groups in total. The van der Waals surface area contributed by atoms with Crippen LogP contribution >= 0.6 is 23.2 Å². The first kappa shape index (κ1) is 18.1. The predicted octanol–water partition coefficient (Wildman–Crippen LogP) is 4.24. The summed E-state index contributed by atoms with van der Waals surface area (Å²) in [5, 5.41) is 0.945. The number of carbonyl (C=O) groups excluding carboxylic acids is 1. The van der Waals surface area contributed by atoms with Gasteiger partial charge in [-0.25, -0.2) is 0 Å². The number of carbonyl (C=O) groups is 1. The number of rotatable bonds is 4. The molecule has 1 heterocycles. The Bertz CT molecular complexity index is 782. The highest BCUT2D eigenvalue weighted by Gasteiger charge is 2.32. The van der Waals surface area contributed by atoms with Crippen LogP contribution in [0.15, 0.2) is 42.5 Å². The molecule has 1 amide bonds. The average molecular weight is 379 g/mol. The van der Waals surface area contributed by atoms with E-state index in [1.807, 2.05) is 37.3 Å². The van der Waals surface area contributed by atoms with Gasteiger partial charge in [-0.3, -0.25) is 9.69 Å². The maximum absolute atomic E-state index is 12.8. The molecule has 132 valence electrons. The molecule has 1 atom stereocenters. The van der Waals surface area contributed by atoms with Crippen molar-refractivity contribution in [2.75, 3.05) is 25.1 Å². The SMILES string of the molecule is COc1cccc(CN2CCN(c3ccc(Cl)c(Cl)c3)C(=O)C2C)c1. The zero-order valence-corrected chi connectivity index (χ0v) is 15.7. The van der Waals surface area contributed by atoms with Crippen molar-refractivity contribution in [1.82, 2.24) is 4.90 Å². The number of hydrogen-bond acceptors (Lipinski definition) is 3. The van der Waals surface area contributed by atoms with Gasteiger partial charge >= 0.3 is 0 Å². The molecule has 0 aromatic heterocycles. The lowest BCUT2D eigenvalue weighted by Crippen LogP contribution is -2.55. The molecule has 1 aliphatic heterocycles. The van der Waals surface area contributed by atoms with E-state index in [4.69, 9.17) is 27.9 Å². The summed E-state index contributed by atoms with van der Waals surface area (Å²) in [6, 6.07) is 13.0. The molecule has 0 radical (unpaired) electrons. The number of hydrogen-bond donors (Lipinski definition) is 0. The van der Waals surface area contributed by atoms with Gasteiger partial charge in [0.05, 0.1) is 23.2 Å².